The van der Waals surface area contributed by atoms with Crippen LogP contribution in [-0.2, 0) is 6.42 Å². The SMILES string of the molecule is Nc1cccc2cc3c(cc12)CCCC3=O. The summed E-state index contributed by atoms with van der Waals surface area (Å²) >= 11 is 0. The zero-order valence-electron chi connectivity index (χ0n) is 8.99. The fraction of sp³-hybridized carbons (Fsp3) is 0.214. The van der Waals surface area contributed by atoms with Gasteiger partial charge in [0.2, 0.25) is 0 Å². The van der Waals surface area contributed by atoms with Gasteiger partial charge in [-0.25, -0.2) is 0 Å². The van der Waals surface area contributed by atoms with E-state index in [1.165, 1.54) is 0 Å². The first-order valence-electron chi connectivity index (χ1n) is 5.60. The largest absolute Gasteiger partial charge is 0.398 e. The molecule has 0 saturated carbocycles. The van der Waals surface area contributed by atoms with Crippen molar-refractivity contribution in [3.8, 4) is 0 Å². The normalized spacial score (nSPS) is 15.1. The number of hydrogen-bond acceptors (Lipinski definition) is 2. The van der Waals surface area contributed by atoms with Gasteiger partial charge in [-0.2, -0.15) is 0 Å². The molecule has 0 spiro atoms. The molecule has 0 radical (unpaired) electrons. The van der Waals surface area contributed by atoms with E-state index in [1.807, 2.05) is 24.3 Å². The molecule has 0 atom stereocenters. The highest BCUT2D eigenvalue weighted by Gasteiger charge is 2.17. The van der Waals surface area contributed by atoms with Crippen LogP contribution in [0.15, 0.2) is 30.3 Å². The van der Waals surface area contributed by atoms with Crippen molar-refractivity contribution in [1.29, 1.82) is 0 Å². The number of carbonyl (C=O) groups is 1. The number of anilines is 1. The molecule has 2 aromatic rings. The first-order valence-corrected chi connectivity index (χ1v) is 5.60. The smallest absolute Gasteiger partial charge is 0.163 e. The summed E-state index contributed by atoms with van der Waals surface area (Å²) in [5.41, 5.74) is 8.78. The zero-order valence-corrected chi connectivity index (χ0v) is 8.99. The first-order chi connectivity index (χ1) is 7.75. The third-order valence-electron chi connectivity index (χ3n) is 3.29. The molecule has 2 nitrogen and oxygen atoms in total. The Kier molecular flexibility index (Phi) is 1.96. The summed E-state index contributed by atoms with van der Waals surface area (Å²) < 4.78 is 0. The fourth-order valence-corrected chi connectivity index (χ4v) is 2.43. The molecule has 2 aromatic carbocycles. The molecular formula is C14H13NO. The van der Waals surface area contributed by atoms with E-state index in [0.717, 1.165) is 40.4 Å². The molecule has 0 unspecified atom stereocenters. The van der Waals surface area contributed by atoms with Crippen molar-refractivity contribution >= 4 is 22.2 Å². The molecule has 0 aliphatic heterocycles. The molecule has 16 heavy (non-hydrogen) atoms. The molecule has 80 valence electrons. The van der Waals surface area contributed by atoms with Gasteiger partial charge >= 0.3 is 0 Å². The van der Waals surface area contributed by atoms with Gasteiger partial charge in [-0.05, 0) is 42.0 Å². The lowest BCUT2D eigenvalue weighted by Crippen LogP contribution is -2.10. The van der Waals surface area contributed by atoms with Crippen LogP contribution in [-0.4, -0.2) is 5.78 Å². The van der Waals surface area contributed by atoms with Crippen molar-refractivity contribution in [2.75, 3.05) is 5.73 Å². The summed E-state index contributed by atoms with van der Waals surface area (Å²) in [7, 11) is 0. The second-order valence-electron chi connectivity index (χ2n) is 4.35. The topological polar surface area (TPSA) is 43.1 Å². The van der Waals surface area contributed by atoms with E-state index >= 15 is 0 Å². The molecule has 0 heterocycles. The van der Waals surface area contributed by atoms with Crippen LogP contribution in [0.4, 0.5) is 5.69 Å². The zero-order chi connectivity index (χ0) is 11.1. The van der Waals surface area contributed by atoms with E-state index in [4.69, 9.17) is 5.73 Å². The van der Waals surface area contributed by atoms with Crippen LogP contribution in [0.25, 0.3) is 10.8 Å². The lowest BCUT2D eigenvalue weighted by Gasteiger charge is -2.16. The fourth-order valence-electron chi connectivity index (χ4n) is 2.43. The Bertz CT molecular complexity index is 587. The van der Waals surface area contributed by atoms with Crippen LogP contribution >= 0.6 is 0 Å². The molecule has 1 aliphatic carbocycles. The van der Waals surface area contributed by atoms with Crippen molar-refractivity contribution in [2.45, 2.75) is 19.3 Å². The number of Topliss-reactive ketones (excluding diaryl/α,β-unsaturated/α-hetero) is 1. The number of nitrogen functional groups attached to an aromatic ring is 1. The Morgan fingerprint density at radius 3 is 2.88 bits per heavy atom. The summed E-state index contributed by atoms with van der Waals surface area (Å²) in [6.45, 7) is 0. The molecule has 1 aliphatic rings. The molecule has 2 N–H and O–H groups in total. The van der Waals surface area contributed by atoms with Crippen molar-refractivity contribution in [3.63, 3.8) is 0 Å². The molecule has 0 bridgehead atoms. The molecule has 0 aromatic heterocycles. The van der Waals surface area contributed by atoms with Crippen molar-refractivity contribution in [2.24, 2.45) is 0 Å². The molecule has 0 amide bonds. The minimum atomic E-state index is 0.269. The van der Waals surface area contributed by atoms with Crippen LogP contribution in [0.1, 0.15) is 28.8 Å². The second-order valence-corrected chi connectivity index (χ2v) is 4.35. The molecule has 0 fully saturated rings. The number of carbonyl (C=O) groups excluding carboxylic acids is 1. The second kappa shape index (κ2) is 3.34. The van der Waals surface area contributed by atoms with E-state index in [2.05, 4.69) is 6.07 Å². The van der Waals surface area contributed by atoms with Crippen molar-refractivity contribution in [3.05, 3.63) is 41.5 Å². The van der Waals surface area contributed by atoms with Crippen LogP contribution in [0.3, 0.4) is 0 Å². The van der Waals surface area contributed by atoms with Crippen molar-refractivity contribution in [1.82, 2.24) is 0 Å². The minimum absolute atomic E-state index is 0.269. The van der Waals surface area contributed by atoms with Crippen LogP contribution < -0.4 is 5.73 Å². The van der Waals surface area contributed by atoms with Gasteiger partial charge in [0.15, 0.2) is 5.78 Å². The molecule has 2 heteroatoms. The maximum Gasteiger partial charge on any atom is 0.163 e. The van der Waals surface area contributed by atoms with Gasteiger partial charge in [0.1, 0.15) is 0 Å². The number of ketones is 1. The maximum absolute atomic E-state index is 11.8. The Morgan fingerprint density at radius 2 is 2.00 bits per heavy atom. The Hall–Kier alpha value is -1.83. The highest BCUT2D eigenvalue weighted by Crippen LogP contribution is 2.29. The summed E-state index contributed by atoms with van der Waals surface area (Å²) in [5.74, 6) is 0.269. The lowest BCUT2D eigenvalue weighted by molar-refractivity contribution is 0.0972. The molecule has 0 saturated heterocycles. The number of hydrogen-bond donors (Lipinski definition) is 1. The van der Waals surface area contributed by atoms with Gasteiger partial charge < -0.3 is 5.73 Å². The van der Waals surface area contributed by atoms with E-state index in [9.17, 15) is 4.79 Å². The Labute approximate surface area is 94.1 Å². The predicted molar refractivity (Wildman–Crippen MR) is 65.6 cm³/mol. The number of benzene rings is 2. The monoisotopic (exact) mass is 211 g/mol. The van der Waals surface area contributed by atoms with Gasteiger partial charge in [-0.3, -0.25) is 4.79 Å². The standard InChI is InChI=1S/C14H13NO/c15-13-5-1-3-9-8-12-10(7-11(9)13)4-2-6-14(12)16/h1,3,5,7-8H,2,4,6,15H2. The maximum atomic E-state index is 11.8. The van der Waals surface area contributed by atoms with E-state index < -0.39 is 0 Å². The van der Waals surface area contributed by atoms with Crippen LogP contribution in [0, 0.1) is 0 Å². The highest BCUT2D eigenvalue weighted by atomic mass is 16.1. The third kappa shape index (κ3) is 1.30. The van der Waals surface area contributed by atoms with Crippen LogP contribution in [0.5, 0.6) is 0 Å². The van der Waals surface area contributed by atoms with E-state index in [0.29, 0.717) is 6.42 Å². The average molecular weight is 211 g/mol. The van der Waals surface area contributed by atoms with Gasteiger partial charge in [-0.15, -0.1) is 0 Å². The van der Waals surface area contributed by atoms with Gasteiger partial charge in [0.25, 0.3) is 0 Å². The highest BCUT2D eigenvalue weighted by molar-refractivity contribution is 6.04. The first kappa shape index (κ1) is 9.40. The Balaban J connectivity index is 2.34. The third-order valence-corrected chi connectivity index (χ3v) is 3.29. The number of aryl methyl sites for hydroxylation is 1. The number of rotatable bonds is 0. The van der Waals surface area contributed by atoms with Crippen molar-refractivity contribution < 1.29 is 4.79 Å². The quantitative estimate of drug-likeness (QED) is 0.681. The van der Waals surface area contributed by atoms with Crippen LogP contribution in [0.2, 0.25) is 0 Å². The number of nitrogens with two attached hydrogens (primary N) is 1. The summed E-state index contributed by atoms with van der Waals surface area (Å²) in [6.07, 6.45) is 2.64. The lowest BCUT2D eigenvalue weighted by atomic mass is 9.88. The summed E-state index contributed by atoms with van der Waals surface area (Å²) in [4.78, 5) is 11.8. The van der Waals surface area contributed by atoms with Gasteiger partial charge in [0.05, 0.1) is 0 Å². The summed E-state index contributed by atoms with van der Waals surface area (Å²) in [5, 5.41) is 2.13. The minimum Gasteiger partial charge on any atom is -0.398 e. The Morgan fingerprint density at radius 1 is 1.12 bits per heavy atom. The number of fused-ring (bicyclic) bond motifs is 2. The molecular weight excluding hydrogens is 198 g/mol. The van der Waals surface area contributed by atoms with E-state index in [1.54, 1.807) is 0 Å². The summed E-state index contributed by atoms with van der Waals surface area (Å²) in [6, 6.07) is 9.91. The van der Waals surface area contributed by atoms with E-state index in [-0.39, 0.29) is 5.78 Å². The molecule has 3 rings (SSSR count). The average Bonchev–Trinajstić information content (AvgIpc) is 2.29. The van der Waals surface area contributed by atoms with Gasteiger partial charge in [-0.1, -0.05) is 12.1 Å². The predicted octanol–water partition coefficient (Wildman–Crippen LogP) is 2.94. The van der Waals surface area contributed by atoms with Gasteiger partial charge in [0, 0.05) is 23.1 Å².